The molecule has 1 aromatic heterocycles. The molecule has 0 bridgehead atoms. The zero-order chi connectivity index (χ0) is 18.8. The number of methoxy groups -OCH3 is 2. The van der Waals surface area contributed by atoms with E-state index in [9.17, 15) is 0 Å². The molecule has 0 atom stereocenters. The van der Waals surface area contributed by atoms with Crippen LogP contribution in [0.5, 0.6) is 11.5 Å². The van der Waals surface area contributed by atoms with Gasteiger partial charge in [-0.25, -0.2) is 0 Å². The van der Waals surface area contributed by atoms with Crippen LogP contribution >= 0.6 is 11.6 Å². The molecule has 1 heterocycles. The molecule has 3 aromatic carbocycles. The summed E-state index contributed by atoms with van der Waals surface area (Å²) < 4.78 is 10.4. The maximum Gasteiger partial charge on any atom is 0.118 e. The van der Waals surface area contributed by atoms with Crippen molar-refractivity contribution in [1.29, 1.82) is 0 Å². The van der Waals surface area contributed by atoms with Crippen molar-refractivity contribution in [2.45, 2.75) is 0 Å². The van der Waals surface area contributed by atoms with Crippen LogP contribution in [0.3, 0.4) is 0 Å². The largest absolute Gasteiger partial charge is 0.497 e. The minimum atomic E-state index is 0.700. The third-order valence-electron chi connectivity index (χ3n) is 4.63. The van der Waals surface area contributed by atoms with E-state index in [-0.39, 0.29) is 0 Å². The van der Waals surface area contributed by atoms with Crippen LogP contribution in [-0.4, -0.2) is 19.2 Å². The van der Waals surface area contributed by atoms with Crippen molar-refractivity contribution < 1.29 is 9.47 Å². The van der Waals surface area contributed by atoms with Crippen LogP contribution < -0.4 is 9.47 Å². The lowest BCUT2D eigenvalue weighted by atomic mass is 10.0. The first-order valence-corrected chi connectivity index (χ1v) is 8.94. The highest BCUT2D eigenvalue weighted by Crippen LogP contribution is 2.35. The fourth-order valence-electron chi connectivity index (χ4n) is 3.09. The molecule has 0 aliphatic rings. The molecule has 0 radical (unpaired) electrons. The minimum absolute atomic E-state index is 0.700. The molecule has 0 spiro atoms. The van der Waals surface area contributed by atoms with E-state index in [0.29, 0.717) is 5.02 Å². The molecule has 4 rings (SSSR count). The summed E-state index contributed by atoms with van der Waals surface area (Å²) in [6.45, 7) is 0. The van der Waals surface area contributed by atoms with Gasteiger partial charge in [0.05, 0.1) is 24.8 Å². The standard InChI is InChI=1S/C23H18ClNO2/c1-26-18-8-3-15(4-9-18)17-7-12-20-22(13-17)25-14-21(23(20)24)16-5-10-19(27-2)11-6-16/h3-14H,1-2H3. The van der Waals surface area contributed by atoms with Crippen molar-refractivity contribution in [3.8, 4) is 33.8 Å². The van der Waals surface area contributed by atoms with Crippen molar-refractivity contribution in [2.24, 2.45) is 0 Å². The smallest absolute Gasteiger partial charge is 0.118 e. The van der Waals surface area contributed by atoms with Gasteiger partial charge in [-0.3, -0.25) is 4.98 Å². The number of nitrogens with zero attached hydrogens (tertiary/aromatic N) is 1. The van der Waals surface area contributed by atoms with Gasteiger partial charge in [-0.2, -0.15) is 0 Å². The molecule has 0 amide bonds. The van der Waals surface area contributed by atoms with E-state index in [2.05, 4.69) is 17.1 Å². The Kier molecular flexibility index (Phi) is 4.69. The van der Waals surface area contributed by atoms with Gasteiger partial charge in [-0.15, -0.1) is 0 Å². The third-order valence-corrected chi connectivity index (χ3v) is 5.03. The number of hydrogen-bond acceptors (Lipinski definition) is 3. The van der Waals surface area contributed by atoms with Gasteiger partial charge in [0.15, 0.2) is 0 Å². The highest BCUT2D eigenvalue weighted by molar-refractivity contribution is 6.38. The summed E-state index contributed by atoms with van der Waals surface area (Å²) in [5.74, 6) is 1.65. The quantitative estimate of drug-likeness (QED) is 0.423. The second kappa shape index (κ2) is 7.29. The molecule has 134 valence electrons. The van der Waals surface area contributed by atoms with Gasteiger partial charge in [0.1, 0.15) is 11.5 Å². The fourth-order valence-corrected chi connectivity index (χ4v) is 3.41. The summed E-state index contributed by atoms with van der Waals surface area (Å²) in [6, 6.07) is 21.9. The molecular weight excluding hydrogens is 358 g/mol. The average Bonchev–Trinajstić information content (AvgIpc) is 2.74. The van der Waals surface area contributed by atoms with Crippen molar-refractivity contribution in [1.82, 2.24) is 4.98 Å². The second-order valence-corrected chi connectivity index (χ2v) is 6.55. The number of aromatic nitrogens is 1. The minimum Gasteiger partial charge on any atom is -0.497 e. The molecule has 4 heteroatoms. The van der Waals surface area contributed by atoms with Crippen LogP contribution in [0.2, 0.25) is 5.02 Å². The lowest BCUT2D eigenvalue weighted by Gasteiger charge is -2.10. The fraction of sp³-hybridized carbons (Fsp3) is 0.0870. The summed E-state index contributed by atoms with van der Waals surface area (Å²) in [5, 5.41) is 1.63. The Bertz CT molecular complexity index is 1090. The maximum atomic E-state index is 6.70. The Hall–Kier alpha value is -3.04. The van der Waals surface area contributed by atoms with Gasteiger partial charge < -0.3 is 9.47 Å². The van der Waals surface area contributed by atoms with Crippen molar-refractivity contribution in [2.75, 3.05) is 14.2 Å². The van der Waals surface area contributed by atoms with Crippen molar-refractivity contribution in [3.63, 3.8) is 0 Å². The first-order valence-electron chi connectivity index (χ1n) is 8.56. The number of ether oxygens (including phenoxy) is 2. The number of halogens is 1. The van der Waals surface area contributed by atoms with Gasteiger partial charge in [0, 0.05) is 17.1 Å². The monoisotopic (exact) mass is 375 g/mol. The molecule has 0 fully saturated rings. The zero-order valence-electron chi connectivity index (χ0n) is 15.1. The van der Waals surface area contributed by atoms with Crippen LogP contribution in [0.15, 0.2) is 72.9 Å². The van der Waals surface area contributed by atoms with Crippen molar-refractivity contribution >= 4 is 22.5 Å². The predicted molar refractivity (Wildman–Crippen MR) is 111 cm³/mol. The Balaban J connectivity index is 1.75. The van der Waals surface area contributed by atoms with Crippen LogP contribution in [0.25, 0.3) is 33.2 Å². The molecule has 0 unspecified atom stereocenters. The van der Waals surface area contributed by atoms with E-state index >= 15 is 0 Å². The SMILES string of the molecule is COc1ccc(-c2ccc3c(Cl)c(-c4ccc(OC)cc4)cnc3c2)cc1. The average molecular weight is 376 g/mol. The predicted octanol–water partition coefficient (Wildman–Crippen LogP) is 6.24. The summed E-state index contributed by atoms with van der Waals surface area (Å²) in [6.07, 6.45) is 1.82. The normalized spacial score (nSPS) is 10.8. The van der Waals surface area contributed by atoms with Gasteiger partial charge in [0.25, 0.3) is 0 Å². The molecule has 0 aliphatic carbocycles. The number of fused-ring (bicyclic) bond motifs is 1. The summed E-state index contributed by atoms with van der Waals surface area (Å²) >= 11 is 6.70. The van der Waals surface area contributed by atoms with E-state index in [0.717, 1.165) is 44.7 Å². The van der Waals surface area contributed by atoms with Gasteiger partial charge in [0.2, 0.25) is 0 Å². The van der Waals surface area contributed by atoms with E-state index in [1.165, 1.54) is 0 Å². The number of pyridine rings is 1. The second-order valence-electron chi connectivity index (χ2n) is 6.17. The third kappa shape index (κ3) is 3.34. The summed E-state index contributed by atoms with van der Waals surface area (Å²) in [7, 11) is 3.32. The number of hydrogen-bond donors (Lipinski definition) is 0. The van der Waals surface area contributed by atoms with Crippen molar-refractivity contribution in [3.05, 3.63) is 77.9 Å². The maximum absolute atomic E-state index is 6.70. The highest BCUT2D eigenvalue weighted by atomic mass is 35.5. The van der Waals surface area contributed by atoms with E-state index < -0.39 is 0 Å². The van der Waals surface area contributed by atoms with Crippen LogP contribution in [0, 0.1) is 0 Å². The Morgan fingerprint density at radius 3 is 1.85 bits per heavy atom. The Morgan fingerprint density at radius 1 is 0.704 bits per heavy atom. The lowest BCUT2D eigenvalue weighted by Crippen LogP contribution is -1.88. The first-order chi connectivity index (χ1) is 13.2. The molecule has 3 nitrogen and oxygen atoms in total. The topological polar surface area (TPSA) is 31.4 Å². The van der Waals surface area contributed by atoms with Gasteiger partial charge in [-0.05, 0) is 47.0 Å². The Labute approximate surface area is 163 Å². The van der Waals surface area contributed by atoms with Gasteiger partial charge >= 0.3 is 0 Å². The molecule has 0 saturated carbocycles. The van der Waals surface area contributed by atoms with E-state index in [1.54, 1.807) is 14.2 Å². The molecule has 0 aliphatic heterocycles. The Morgan fingerprint density at radius 2 is 1.26 bits per heavy atom. The molecule has 0 N–H and O–H groups in total. The zero-order valence-corrected chi connectivity index (χ0v) is 15.8. The first kappa shape index (κ1) is 17.4. The molecule has 4 aromatic rings. The molecule has 0 saturated heterocycles. The number of rotatable bonds is 4. The van der Waals surface area contributed by atoms with Gasteiger partial charge in [-0.1, -0.05) is 48.0 Å². The number of benzene rings is 3. The summed E-state index contributed by atoms with van der Waals surface area (Å²) in [5.41, 5.74) is 4.98. The lowest BCUT2D eigenvalue weighted by molar-refractivity contribution is 0.415. The molecule has 27 heavy (non-hydrogen) atoms. The van der Waals surface area contributed by atoms with E-state index in [4.69, 9.17) is 21.1 Å². The van der Waals surface area contributed by atoms with Crippen LogP contribution in [0.4, 0.5) is 0 Å². The highest BCUT2D eigenvalue weighted by Gasteiger charge is 2.10. The summed E-state index contributed by atoms with van der Waals surface area (Å²) in [4.78, 5) is 4.64. The van der Waals surface area contributed by atoms with Crippen LogP contribution in [0.1, 0.15) is 0 Å². The van der Waals surface area contributed by atoms with E-state index in [1.807, 2.05) is 60.8 Å². The molecular formula is C23H18ClNO2. The van der Waals surface area contributed by atoms with Crippen LogP contribution in [-0.2, 0) is 0 Å².